The number of aliphatic hydroxyl groups excluding tert-OH is 5. The van der Waals surface area contributed by atoms with Crippen molar-refractivity contribution in [2.24, 2.45) is 51.3 Å². The average molecular weight is 1060 g/mol. The van der Waals surface area contributed by atoms with Crippen LogP contribution in [0.1, 0.15) is 130 Å². The Morgan fingerprint density at radius 1 is 0.974 bits per heavy atom. The minimum Gasteiger partial charge on any atom is -0.508 e. The third kappa shape index (κ3) is 12.3. The monoisotopic (exact) mass is 1050 g/mol. The van der Waals surface area contributed by atoms with Gasteiger partial charge >= 0.3 is 0 Å². The van der Waals surface area contributed by atoms with Gasteiger partial charge in [0.05, 0.1) is 36.6 Å². The second kappa shape index (κ2) is 24.5. The van der Waals surface area contributed by atoms with Crippen LogP contribution in [0.2, 0.25) is 0 Å². The number of hydrogen-bond acceptors (Lipinski definition) is 12. The molecule has 3 saturated carbocycles. The average Bonchev–Trinajstić information content (AvgIpc) is 3.83. The minimum absolute atomic E-state index is 0.0624. The minimum atomic E-state index is -1.32. The number of nitrogens with two attached hydrogens (primary N) is 3. The molecular weight excluding hydrogens is 973 g/mol. The first-order chi connectivity index (χ1) is 36.7. The van der Waals surface area contributed by atoms with E-state index in [-0.39, 0.29) is 62.4 Å². The van der Waals surface area contributed by atoms with Crippen LogP contribution in [0.15, 0.2) is 130 Å². The molecule has 1 amide bonds. The summed E-state index contributed by atoms with van der Waals surface area (Å²) in [6.07, 6.45) is 7.17. The van der Waals surface area contributed by atoms with E-state index in [9.17, 15) is 40.5 Å². The fourth-order valence-electron chi connectivity index (χ4n) is 14.1. The predicted octanol–water partition coefficient (Wildman–Crippen LogP) is 5.57. The van der Waals surface area contributed by atoms with E-state index < -0.39 is 77.2 Å². The van der Waals surface area contributed by atoms with Crippen molar-refractivity contribution < 1.29 is 45.3 Å². The smallest absolute Gasteiger partial charge is 0.243 e. The van der Waals surface area contributed by atoms with E-state index in [1.165, 1.54) is 0 Å². The predicted molar refractivity (Wildman–Crippen MR) is 299 cm³/mol. The van der Waals surface area contributed by atoms with Crippen molar-refractivity contribution in [3.63, 3.8) is 0 Å². The number of phenolic OH excluding ortho intramolecular Hbond substituents is 1. The molecule has 2 heterocycles. The molecular formula is C62H82N6O9. The number of benzene rings is 3. The second-order valence-electron chi connectivity index (χ2n) is 23.0. The molecule has 0 saturated heterocycles. The highest BCUT2D eigenvalue weighted by molar-refractivity contribution is 5.98. The Balaban J connectivity index is 1.22. The molecule has 3 aromatic rings. The number of Topliss-reactive ketones (excluding diaryl/α,β-unsaturated/α-hetero) is 1. The van der Waals surface area contributed by atoms with Crippen molar-refractivity contribution >= 4 is 17.6 Å². The topological polar surface area (TPSA) is 290 Å². The highest BCUT2D eigenvalue weighted by atomic mass is 16.3. The number of amides is 1. The molecule has 3 aromatic carbocycles. The number of aliphatic hydroxyl groups is 6. The van der Waals surface area contributed by atoms with Crippen molar-refractivity contribution in [1.82, 2.24) is 10.6 Å². The molecule has 77 heavy (non-hydrogen) atoms. The van der Waals surface area contributed by atoms with Gasteiger partial charge in [0.25, 0.3) is 0 Å². The Labute approximate surface area is 453 Å². The highest BCUT2D eigenvalue weighted by Gasteiger charge is 2.68. The molecule has 3 aliphatic carbocycles. The highest BCUT2D eigenvalue weighted by Crippen LogP contribution is 2.68. The molecule has 4 bridgehead atoms. The molecule has 3 fully saturated rings. The van der Waals surface area contributed by atoms with Crippen LogP contribution in [0.25, 0.3) is 0 Å². The molecule has 0 radical (unpaired) electrons. The van der Waals surface area contributed by atoms with Gasteiger partial charge in [-0.3, -0.25) is 19.9 Å². The van der Waals surface area contributed by atoms with Crippen LogP contribution < -0.4 is 27.8 Å². The lowest BCUT2D eigenvalue weighted by molar-refractivity contribution is -0.181. The van der Waals surface area contributed by atoms with Gasteiger partial charge in [0.1, 0.15) is 18.0 Å². The van der Waals surface area contributed by atoms with Gasteiger partial charge in [-0.15, -0.1) is 0 Å². The number of nitrogens with zero attached hydrogens (tertiary/aromatic N) is 1. The van der Waals surface area contributed by atoms with E-state index in [1.807, 2.05) is 69.3 Å². The van der Waals surface area contributed by atoms with Crippen molar-refractivity contribution in [2.75, 3.05) is 19.7 Å². The third-order valence-corrected chi connectivity index (χ3v) is 18.0. The van der Waals surface area contributed by atoms with E-state index in [0.717, 1.165) is 34.3 Å². The zero-order valence-corrected chi connectivity index (χ0v) is 45.0. The first kappa shape index (κ1) is 57.4. The summed E-state index contributed by atoms with van der Waals surface area (Å²) in [5.74, 6) is -2.85. The lowest BCUT2D eigenvalue weighted by atomic mass is 9.51. The number of aromatic hydroxyl groups is 1. The third-order valence-electron chi connectivity index (χ3n) is 18.0. The number of carbonyl (C=O) groups excluding carboxylic acids is 2. The van der Waals surface area contributed by atoms with Gasteiger partial charge in [-0.1, -0.05) is 103 Å². The standard InChI is InChI=1S/C62H82N6O9/c1-35(2)16-23-51(72)36(3)9-5-13-43(34-69)54-42-14-8-25-61(77)26-24-46-37(4)52(73)30-41-12-7-15-47-55(41)56(59(76)68-58(47)63)66-33-53(74)48(49(32-67-60(64)65)40-17-19-44(70)20-18-40)29-39-11-6-10-38(27-39)28-45(71)21-22-50(46)62(61,31-42)57(54)75/h5-7,9-13,15-20,27,42,45,48-51,53-54,56-58,66,69-72,74-75,77H,3,8,14,21-26,28-34,63H2,1-2,4H3,(H,68,76)(H4,64,65,67). The fraction of sp³-hybridized carbons (Fsp3) is 0.500. The fourth-order valence-corrected chi connectivity index (χ4v) is 14.1. The molecule has 13 unspecified atom stereocenters. The van der Waals surface area contributed by atoms with Crippen LogP contribution in [-0.2, 0) is 28.9 Å². The SMILES string of the molecule is C=C(C=CC=C(CO)C1C2CCCC3(O)CCC4=C(C)C(=O)Cc5cccc6c5C(NCC(O)C(C(CN=C(N)N)c5ccc(O)cc5)Cc5cccc(c5)CC(O)CCC4C3(C2)C1O)C(=O)NC6N)C(O)CC=C(C)C. The molecule has 1 spiro atoms. The zero-order valence-electron chi connectivity index (χ0n) is 45.0. The van der Waals surface area contributed by atoms with Crippen LogP contribution in [0.3, 0.4) is 0 Å². The number of ketones is 1. The van der Waals surface area contributed by atoms with E-state index >= 15 is 4.79 Å². The molecule has 414 valence electrons. The molecule has 13 atom stereocenters. The summed E-state index contributed by atoms with van der Waals surface area (Å²) in [4.78, 5) is 33.7. The number of fused-ring (bicyclic) bond motifs is 4. The Morgan fingerprint density at radius 2 is 1.70 bits per heavy atom. The number of carbonyl (C=O) groups is 2. The summed E-state index contributed by atoms with van der Waals surface area (Å²) in [5.41, 5.74) is 23.8. The zero-order chi connectivity index (χ0) is 55.3. The van der Waals surface area contributed by atoms with Crippen LogP contribution in [-0.4, -0.2) is 103 Å². The van der Waals surface area contributed by atoms with E-state index in [2.05, 4.69) is 22.2 Å². The van der Waals surface area contributed by atoms with Crippen molar-refractivity contribution in [3.05, 3.63) is 159 Å². The first-order valence-corrected chi connectivity index (χ1v) is 27.6. The Morgan fingerprint density at radius 3 is 2.42 bits per heavy atom. The summed E-state index contributed by atoms with van der Waals surface area (Å²) in [6, 6.07) is 19.0. The van der Waals surface area contributed by atoms with Gasteiger partial charge in [-0.25, -0.2) is 0 Å². The first-order valence-electron chi connectivity index (χ1n) is 27.6. The van der Waals surface area contributed by atoms with Crippen LogP contribution in [0.4, 0.5) is 0 Å². The summed E-state index contributed by atoms with van der Waals surface area (Å²) >= 11 is 0. The van der Waals surface area contributed by atoms with Crippen LogP contribution in [0, 0.1) is 29.1 Å². The largest absolute Gasteiger partial charge is 0.508 e. The number of hydrogen-bond donors (Lipinski definition) is 12. The molecule has 15 nitrogen and oxygen atoms in total. The quantitative estimate of drug-likeness (QED) is 0.0485. The Hall–Kier alpha value is -5.75. The van der Waals surface area contributed by atoms with Gasteiger partial charge in [0, 0.05) is 36.8 Å². The van der Waals surface area contributed by atoms with Gasteiger partial charge in [-0.05, 0) is 165 Å². The summed E-state index contributed by atoms with van der Waals surface area (Å²) in [7, 11) is 0. The van der Waals surface area contributed by atoms with Crippen molar-refractivity contribution in [2.45, 2.75) is 146 Å². The normalized spacial score (nSPS) is 30.9. The number of phenols is 1. The number of aliphatic imine (C=N–C) groups is 1. The Bertz CT molecular complexity index is 2800. The lowest BCUT2D eigenvalue weighted by Crippen LogP contribution is -2.61. The molecule has 2 aliphatic heterocycles. The van der Waals surface area contributed by atoms with Crippen LogP contribution in [0.5, 0.6) is 5.75 Å². The lowest BCUT2D eigenvalue weighted by Gasteiger charge is -2.57. The van der Waals surface area contributed by atoms with E-state index in [4.69, 9.17) is 17.2 Å². The van der Waals surface area contributed by atoms with E-state index in [1.54, 1.807) is 42.5 Å². The van der Waals surface area contributed by atoms with Crippen molar-refractivity contribution in [1.29, 1.82) is 0 Å². The van der Waals surface area contributed by atoms with Crippen molar-refractivity contribution in [3.8, 4) is 5.75 Å². The Kier molecular flexibility index (Phi) is 18.3. The van der Waals surface area contributed by atoms with Gasteiger partial charge in [-0.2, -0.15) is 0 Å². The molecule has 5 aliphatic rings. The molecule has 0 aromatic heterocycles. The maximum Gasteiger partial charge on any atom is 0.243 e. The number of β-amino-alcohol motifs (C(OH)–C–C–N with tert-alkyl or cyclic N) is 1. The number of nitrogens with one attached hydrogen (secondary N) is 2. The molecule has 15 heteroatoms. The number of guanidine groups is 1. The van der Waals surface area contributed by atoms with Crippen LogP contribution >= 0.6 is 0 Å². The van der Waals surface area contributed by atoms with Gasteiger partial charge in [0.15, 0.2) is 11.7 Å². The molecule has 15 N–H and O–H groups in total. The molecule has 8 rings (SSSR count). The summed E-state index contributed by atoms with van der Waals surface area (Å²) in [6.45, 7) is 9.54. The second-order valence-corrected chi connectivity index (χ2v) is 23.0. The number of allylic oxidation sites excluding steroid dienone is 5. The van der Waals surface area contributed by atoms with Gasteiger partial charge in [0.2, 0.25) is 5.91 Å². The summed E-state index contributed by atoms with van der Waals surface area (Å²) < 4.78 is 0. The van der Waals surface area contributed by atoms with Gasteiger partial charge < -0.3 is 58.3 Å². The van der Waals surface area contributed by atoms with E-state index in [0.29, 0.717) is 84.8 Å². The number of rotatable bonds is 11. The summed E-state index contributed by atoms with van der Waals surface area (Å²) in [5, 5.41) is 89.3. The maximum atomic E-state index is 15.2. The maximum absolute atomic E-state index is 15.2.